The summed E-state index contributed by atoms with van der Waals surface area (Å²) in [6, 6.07) is 0. The zero-order valence-corrected chi connectivity index (χ0v) is 30.5. The third-order valence-corrected chi connectivity index (χ3v) is 6.03. The maximum absolute atomic E-state index is 8.52. The minimum absolute atomic E-state index is 0. The van der Waals surface area contributed by atoms with Crippen LogP contribution in [-0.4, -0.2) is 57.2 Å². The van der Waals surface area contributed by atoms with E-state index in [0.717, 1.165) is 26.4 Å². The van der Waals surface area contributed by atoms with Crippen LogP contribution in [0, 0.1) is 0 Å². The maximum atomic E-state index is 8.52. The van der Waals surface area contributed by atoms with Crippen LogP contribution >= 0.6 is 0 Å². The number of unbranched alkanes of at least 4 members (excludes halogenated alkanes) is 18. The maximum Gasteiger partial charge on any atom is 1.00 e. The van der Waals surface area contributed by atoms with Crippen molar-refractivity contribution in [1.29, 1.82) is 0 Å². The first-order chi connectivity index (χ1) is 17.4. The van der Waals surface area contributed by atoms with Crippen molar-refractivity contribution in [3.05, 3.63) is 0 Å². The molecule has 0 unspecified atom stereocenters. The molecule has 0 aliphatic heterocycles. The van der Waals surface area contributed by atoms with Crippen LogP contribution in [0.1, 0.15) is 142 Å². The monoisotopic (exact) mass is 584 g/mol. The van der Waals surface area contributed by atoms with Crippen molar-refractivity contribution in [2.24, 2.45) is 0 Å². The summed E-state index contributed by atoms with van der Waals surface area (Å²) in [5.74, 6) is 0. The Labute approximate surface area is 280 Å². The number of rotatable bonds is 28. The van der Waals surface area contributed by atoms with Crippen LogP contribution in [-0.2, 0) is 24.6 Å². The summed E-state index contributed by atoms with van der Waals surface area (Å²) in [5, 5.41) is 0. The molecule has 0 heterocycles. The van der Waals surface area contributed by atoms with Gasteiger partial charge in [0.1, 0.15) is 0 Å². The van der Waals surface area contributed by atoms with Gasteiger partial charge in [-0.2, -0.15) is 0 Å². The third-order valence-electron chi connectivity index (χ3n) is 6.03. The van der Waals surface area contributed by atoms with Crippen LogP contribution in [0.2, 0.25) is 0 Å². The summed E-state index contributed by atoms with van der Waals surface area (Å²) < 4.78 is 51.0. The Bertz CT molecular complexity index is 462. The molecule has 0 saturated carbocycles. The Morgan fingerprint density at radius 3 is 0.816 bits per heavy atom. The number of hydrogen-bond donors (Lipinski definition) is 0. The Balaban J connectivity index is -0.000000749. The van der Waals surface area contributed by atoms with Crippen LogP contribution in [0.3, 0.4) is 0 Å². The molecule has 0 saturated heterocycles. The zero-order chi connectivity index (χ0) is 27.0. The molecular weight excluding hydrogens is 526 g/mol. The first kappa shape index (κ1) is 46.7. The van der Waals surface area contributed by atoms with Crippen molar-refractivity contribution < 1.29 is 90.8 Å². The second-order valence-corrected chi connectivity index (χ2v) is 10.4. The molecule has 7 nitrogen and oxygen atoms in total. The van der Waals surface area contributed by atoms with E-state index in [1.54, 1.807) is 0 Å². The van der Waals surface area contributed by atoms with Gasteiger partial charge in [0.2, 0.25) is 0 Å². The summed E-state index contributed by atoms with van der Waals surface area (Å²) >= 11 is 0. The standard InChI is InChI=1S/C28H58O3.2Na.H2O4S/c1-3-5-7-9-11-13-15-17-19-21-23-29-25-27-31-28-26-30-24-22-20-18-16-14-12-10-8-6-4-2;;;1-5(2,3)4/h3-28H2,1-2H3;;;(H2,1,2,3,4)/q;2*+1;/p-2. The molecule has 220 valence electrons. The SMILES string of the molecule is CCCCCCCCCCCCOCCOCCOCCCCCCCCCCCC.O=S(=O)([O-])[O-].[Na+].[Na+]. The molecule has 0 aromatic carbocycles. The van der Waals surface area contributed by atoms with Crippen molar-refractivity contribution in [3.8, 4) is 0 Å². The molecule has 0 rings (SSSR count). The van der Waals surface area contributed by atoms with Gasteiger partial charge < -0.3 is 23.3 Å². The van der Waals surface area contributed by atoms with Crippen LogP contribution in [0.25, 0.3) is 0 Å². The van der Waals surface area contributed by atoms with Crippen LogP contribution < -0.4 is 59.1 Å². The molecule has 0 aromatic rings. The van der Waals surface area contributed by atoms with E-state index in [0.29, 0.717) is 13.2 Å². The largest absolute Gasteiger partial charge is 1.00 e. The molecule has 0 spiro atoms. The molecule has 0 amide bonds. The van der Waals surface area contributed by atoms with E-state index in [1.807, 2.05) is 0 Å². The first-order valence-corrected chi connectivity index (χ1v) is 16.1. The van der Waals surface area contributed by atoms with Gasteiger partial charge in [-0.3, -0.25) is 8.42 Å². The summed E-state index contributed by atoms with van der Waals surface area (Å²) in [7, 11) is -5.17. The van der Waals surface area contributed by atoms with E-state index < -0.39 is 10.4 Å². The molecule has 0 radical (unpaired) electrons. The fourth-order valence-electron chi connectivity index (χ4n) is 3.93. The molecular formula is C28H58Na2O7S. The van der Waals surface area contributed by atoms with Crippen LogP contribution in [0.15, 0.2) is 0 Å². The van der Waals surface area contributed by atoms with Gasteiger partial charge in [-0.25, -0.2) is 0 Å². The van der Waals surface area contributed by atoms with Crippen molar-refractivity contribution in [2.75, 3.05) is 39.6 Å². The van der Waals surface area contributed by atoms with E-state index in [-0.39, 0.29) is 59.1 Å². The fourth-order valence-corrected chi connectivity index (χ4v) is 3.93. The fraction of sp³-hybridized carbons (Fsp3) is 1.00. The van der Waals surface area contributed by atoms with E-state index in [9.17, 15) is 0 Å². The molecule has 0 N–H and O–H groups in total. The van der Waals surface area contributed by atoms with Gasteiger partial charge in [0.25, 0.3) is 0 Å². The molecule has 0 bridgehead atoms. The topological polar surface area (TPSA) is 108 Å². The molecule has 0 aliphatic rings. The van der Waals surface area contributed by atoms with E-state index >= 15 is 0 Å². The Kier molecular flexibility index (Phi) is 50.2. The zero-order valence-electron chi connectivity index (χ0n) is 25.7. The normalized spacial score (nSPS) is 10.8. The summed E-state index contributed by atoms with van der Waals surface area (Å²) in [5.41, 5.74) is 0. The van der Waals surface area contributed by atoms with Gasteiger partial charge >= 0.3 is 59.1 Å². The van der Waals surface area contributed by atoms with E-state index in [2.05, 4.69) is 13.8 Å². The summed E-state index contributed by atoms with van der Waals surface area (Å²) in [6.07, 6.45) is 27.4. The summed E-state index contributed by atoms with van der Waals surface area (Å²) in [6.45, 7) is 9.15. The van der Waals surface area contributed by atoms with Gasteiger partial charge in [0, 0.05) is 23.6 Å². The van der Waals surface area contributed by atoms with Crippen LogP contribution in [0.5, 0.6) is 0 Å². The predicted molar refractivity (Wildman–Crippen MR) is 147 cm³/mol. The molecule has 0 aliphatic carbocycles. The second-order valence-electron chi connectivity index (χ2n) is 9.61. The van der Waals surface area contributed by atoms with Crippen molar-refractivity contribution in [1.82, 2.24) is 0 Å². The van der Waals surface area contributed by atoms with Crippen molar-refractivity contribution in [2.45, 2.75) is 142 Å². The van der Waals surface area contributed by atoms with E-state index in [1.165, 1.54) is 128 Å². The molecule has 10 heteroatoms. The van der Waals surface area contributed by atoms with Gasteiger partial charge in [0.15, 0.2) is 0 Å². The van der Waals surface area contributed by atoms with Gasteiger partial charge in [-0.15, -0.1) is 0 Å². The average molecular weight is 585 g/mol. The first-order valence-electron chi connectivity index (χ1n) is 14.8. The quantitative estimate of drug-likeness (QED) is 0.0594. The van der Waals surface area contributed by atoms with Gasteiger partial charge in [-0.1, -0.05) is 129 Å². The number of ether oxygens (including phenoxy) is 3. The smallest absolute Gasteiger partial charge is 0.759 e. The predicted octanol–water partition coefficient (Wildman–Crippen LogP) is 1.55. The molecule has 0 fully saturated rings. The minimum Gasteiger partial charge on any atom is -0.759 e. The number of hydrogen-bond acceptors (Lipinski definition) is 7. The summed E-state index contributed by atoms with van der Waals surface area (Å²) in [4.78, 5) is 0. The Morgan fingerprint density at radius 2 is 0.579 bits per heavy atom. The van der Waals surface area contributed by atoms with Crippen molar-refractivity contribution >= 4 is 10.4 Å². The Hall–Kier alpha value is 1.75. The molecule has 0 atom stereocenters. The molecule has 0 aromatic heterocycles. The average Bonchev–Trinajstić information content (AvgIpc) is 2.82. The van der Waals surface area contributed by atoms with Gasteiger partial charge in [-0.05, 0) is 12.8 Å². The van der Waals surface area contributed by atoms with Gasteiger partial charge in [0.05, 0.1) is 26.4 Å². The van der Waals surface area contributed by atoms with Crippen LogP contribution in [0.4, 0.5) is 0 Å². The second kappa shape index (κ2) is 40.9. The Morgan fingerprint density at radius 1 is 0.395 bits per heavy atom. The molecule has 38 heavy (non-hydrogen) atoms. The minimum atomic E-state index is -5.17. The van der Waals surface area contributed by atoms with Crippen molar-refractivity contribution in [3.63, 3.8) is 0 Å². The third kappa shape index (κ3) is 57.6. The van der Waals surface area contributed by atoms with E-state index in [4.69, 9.17) is 31.7 Å².